The molecule has 26 heavy (non-hydrogen) atoms. The fourth-order valence-electron chi connectivity index (χ4n) is 4.45. The summed E-state index contributed by atoms with van der Waals surface area (Å²) in [7, 11) is 2.02. The van der Waals surface area contributed by atoms with Crippen LogP contribution in [0.4, 0.5) is 0 Å². The number of rotatable bonds is 6. The molecule has 0 aromatic carbocycles. The summed E-state index contributed by atoms with van der Waals surface area (Å²) in [5.74, 6) is 1.70. The summed E-state index contributed by atoms with van der Waals surface area (Å²) < 4.78 is 2.07. The maximum Gasteiger partial charge on any atom is 0.222 e. The van der Waals surface area contributed by atoms with Crippen LogP contribution in [0.1, 0.15) is 62.5 Å². The Balaban J connectivity index is 1.62. The van der Waals surface area contributed by atoms with Gasteiger partial charge in [-0.1, -0.05) is 13.8 Å². The van der Waals surface area contributed by atoms with Crippen LogP contribution in [-0.2, 0) is 18.4 Å². The summed E-state index contributed by atoms with van der Waals surface area (Å²) in [6, 6.07) is 2.45. The number of likely N-dealkylation sites (tertiary alicyclic amines) is 2. The van der Waals surface area contributed by atoms with Crippen LogP contribution in [0.15, 0.2) is 12.3 Å². The van der Waals surface area contributed by atoms with Crippen molar-refractivity contribution in [3.05, 3.63) is 23.5 Å². The number of ketones is 1. The Kier molecular flexibility index (Phi) is 5.86. The van der Waals surface area contributed by atoms with E-state index >= 15 is 0 Å². The largest absolute Gasteiger partial charge is 0.353 e. The van der Waals surface area contributed by atoms with Crippen LogP contribution in [0.2, 0.25) is 0 Å². The highest BCUT2D eigenvalue weighted by atomic mass is 16.2. The van der Waals surface area contributed by atoms with Crippen LogP contribution in [0.5, 0.6) is 0 Å². The molecule has 0 saturated carbocycles. The highest BCUT2D eigenvalue weighted by Gasteiger charge is 2.39. The van der Waals surface area contributed by atoms with E-state index in [0.29, 0.717) is 30.2 Å². The van der Waals surface area contributed by atoms with Gasteiger partial charge in [-0.25, -0.2) is 0 Å². The second-order valence-electron chi connectivity index (χ2n) is 8.55. The maximum absolute atomic E-state index is 12.4. The number of Topliss-reactive ketones (excluding diaryl/α,β-unsaturated/α-hetero) is 1. The predicted molar refractivity (Wildman–Crippen MR) is 103 cm³/mol. The highest BCUT2D eigenvalue weighted by molar-refractivity contribution is 5.94. The number of amides is 1. The first-order chi connectivity index (χ1) is 12.3. The molecule has 1 aromatic heterocycles. The third-order valence-electron chi connectivity index (χ3n) is 6.07. The molecule has 2 atom stereocenters. The Labute approximate surface area is 157 Å². The average Bonchev–Trinajstić information content (AvgIpc) is 2.95. The molecule has 3 heterocycles. The molecule has 5 nitrogen and oxygen atoms in total. The zero-order chi connectivity index (χ0) is 18.8. The van der Waals surface area contributed by atoms with Crippen LogP contribution in [0, 0.1) is 11.8 Å². The first kappa shape index (κ1) is 19.2. The molecule has 2 fully saturated rings. The number of fused-ring (bicyclic) bond motifs is 1. The summed E-state index contributed by atoms with van der Waals surface area (Å²) in [4.78, 5) is 28.7. The maximum atomic E-state index is 12.4. The quantitative estimate of drug-likeness (QED) is 0.733. The van der Waals surface area contributed by atoms with Crippen molar-refractivity contribution in [3.8, 4) is 0 Å². The lowest BCUT2D eigenvalue weighted by atomic mass is 9.83. The molecule has 0 unspecified atom stereocenters. The molecule has 5 heteroatoms. The third-order valence-corrected chi connectivity index (χ3v) is 6.07. The van der Waals surface area contributed by atoms with Gasteiger partial charge in [-0.2, -0.15) is 0 Å². The van der Waals surface area contributed by atoms with E-state index in [1.165, 1.54) is 5.69 Å². The van der Waals surface area contributed by atoms with Gasteiger partial charge in [0.25, 0.3) is 0 Å². The first-order valence-electron chi connectivity index (χ1n) is 10.0. The summed E-state index contributed by atoms with van der Waals surface area (Å²) in [6.07, 6.45) is 5.81. The third kappa shape index (κ3) is 4.20. The van der Waals surface area contributed by atoms with Gasteiger partial charge in [0.15, 0.2) is 5.78 Å². The zero-order valence-electron chi connectivity index (χ0n) is 16.7. The van der Waals surface area contributed by atoms with Gasteiger partial charge in [-0.3, -0.25) is 14.5 Å². The second-order valence-corrected chi connectivity index (χ2v) is 8.55. The smallest absolute Gasteiger partial charge is 0.222 e. The van der Waals surface area contributed by atoms with E-state index in [1.807, 2.05) is 19.3 Å². The second kappa shape index (κ2) is 7.95. The molecule has 144 valence electrons. The van der Waals surface area contributed by atoms with Gasteiger partial charge in [0.05, 0.1) is 0 Å². The monoisotopic (exact) mass is 359 g/mol. The SMILES string of the molecule is CC(=O)c1cc(CN2CC[C@@H]3[C@@H](CCC(=O)N3CCC(C)C)C2)n(C)c1. The number of aromatic nitrogens is 1. The Hall–Kier alpha value is -1.62. The van der Waals surface area contributed by atoms with E-state index in [4.69, 9.17) is 0 Å². The average molecular weight is 360 g/mol. The highest BCUT2D eigenvalue weighted by Crippen LogP contribution is 2.32. The van der Waals surface area contributed by atoms with Crippen LogP contribution < -0.4 is 0 Å². The lowest BCUT2D eigenvalue weighted by Crippen LogP contribution is -2.56. The van der Waals surface area contributed by atoms with Gasteiger partial charge >= 0.3 is 0 Å². The molecular formula is C21H33N3O2. The van der Waals surface area contributed by atoms with E-state index in [9.17, 15) is 9.59 Å². The van der Waals surface area contributed by atoms with Crippen molar-refractivity contribution in [3.63, 3.8) is 0 Å². The Morgan fingerprint density at radius 2 is 2.08 bits per heavy atom. The zero-order valence-corrected chi connectivity index (χ0v) is 16.7. The first-order valence-corrected chi connectivity index (χ1v) is 10.0. The van der Waals surface area contributed by atoms with Gasteiger partial charge in [0.1, 0.15) is 0 Å². The summed E-state index contributed by atoms with van der Waals surface area (Å²) in [5.41, 5.74) is 1.98. The van der Waals surface area contributed by atoms with Crippen LogP contribution in [0.3, 0.4) is 0 Å². The van der Waals surface area contributed by atoms with Gasteiger partial charge in [-0.15, -0.1) is 0 Å². The van der Waals surface area contributed by atoms with Gasteiger partial charge in [-0.05, 0) is 44.1 Å². The lowest BCUT2D eigenvalue weighted by Gasteiger charge is -2.47. The summed E-state index contributed by atoms with van der Waals surface area (Å²) >= 11 is 0. The lowest BCUT2D eigenvalue weighted by molar-refractivity contribution is -0.141. The minimum absolute atomic E-state index is 0.122. The standard InChI is InChI=1S/C21H33N3O2/c1-15(2)7-10-24-20-8-9-23(13-17(20)5-6-21(24)26)14-19-11-18(16(3)25)12-22(19)4/h11-12,15,17,20H,5-10,13-14H2,1-4H3/t17-,20+/m0/s1. The predicted octanol–water partition coefficient (Wildman–Crippen LogP) is 3.09. The van der Waals surface area contributed by atoms with E-state index in [1.54, 1.807) is 6.92 Å². The van der Waals surface area contributed by atoms with Gasteiger partial charge < -0.3 is 9.47 Å². The minimum Gasteiger partial charge on any atom is -0.353 e. The van der Waals surface area contributed by atoms with Gasteiger partial charge in [0.2, 0.25) is 5.91 Å². The number of hydrogen-bond acceptors (Lipinski definition) is 3. The van der Waals surface area contributed by atoms with Crippen molar-refractivity contribution >= 4 is 11.7 Å². The Bertz CT molecular complexity index is 664. The van der Waals surface area contributed by atoms with Crippen LogP contribution in [0.25, 0.3) is 0 Å². The molecule has 1 amide bonds. The number of nitrogens with zero attached hydrogens (tertiary/aromatic N) is 3. The van der Waals surface area contributed by atoms with Crippen molar-refractivity contribution < 1.29 is 9.59 Å². The minimum atomic E-state index is 0.122. The topological polar surface area (TPSA) is 45.6 Å². The molecule has 0 bridgehead atoms. The number of hydrogen-bond donors (Lipinski definition) is 0. The summed E-state index contributed by atoms with van der Waals surface area (Å²) in [6.45, 7) is 9.94. The van der Waals surface area contributed by atoms with Crippen molar-refractivity contribution in [1.82, 2.24) is 14.4 Å². The van der Waals surface area contributed by atoms with Crippen molar-refractivity contribution in [2.24, 2.45) is 18.9 Å². The molecule has 0 aliphatic carbocycles. The van der Waals surface area contributed by atoms with Crippen LogP contribution >= 0.6 is 0 Å². The van der Waals surface area contributed by atoms with Gasteiger partial charge in [0, 0.05) is 63.1 Å². The molecule has 2 aliphatic rings. The summed E-state index contributed by atoms with van der Waals surface area (Å²) in [5, 5.41) is 0. The van der Waals surface area contributed by atoms with Crippen LogP contribution in [-0.4, -0.2) is 51.7 Å². The number of carbonyl (C=O) groups excluding carboxylic acids is 2. The van der Waals surface area contributed by atoms with Crippen molar-refractivity contribution in [2.75, 3.05) is 19.6 Å². The van der Waals surface area contributed by atoms with Crippen molar-refractivity contribution in [1.29, 1.82) is 0 Å². The molecule has 2 saturated heterocycles. The molecule has 3 rings (SSSR count). The fraction of sp³-hybridized carbons (Fsp3) is 0.714. The molecule has 0 spiro atoms. The Morgan fingerprint density at radius 3 is 2.73 bits per heavy atom. The normalized spacial score (nSPS) is 24.2. The van der Waals surface area contributed by atoms with E-state index in [0.717, 1.165) is 51.0 Å². The molecule has 0 radical (unpaired) electrons. The number of piperidine rings is 2. The van der Waals surface area contributed by atoms with E-state index in [-0.39, 0.29) is 5.78 Å². The fourth-order valence-corrected chi connectivity index (χ4v) is 4.45. The van der Waals surface area contributed by atoms with Crippen molar-refractivity contribution in [2.45, 2.75) is 59.0 Å². The number of carbonyl (C=O) groups is 2. The number of aryl methyl sites for hydroxylation is 1. The van der Waals surface area contributed by atoms with E-state index < -0.39 is 0 Å². The molecular weight excluding hydrogens is 326 g/mol. The Morgan fingerprint density at radius 1 is 1.31 bits per heavy atom. The molecule has 2 aliphatic heterocycles. The molecule has 1 aromatic rings. The molecule has 0 N–H and O–H groups in total. The van der Waals surface area contributed by atoms with E-state index in [2.05, 4.69) is 28.2 Å².